The molecule has 82 valence electrons. The fraction of sp³-hybridized carbons (Fsp3) is 0.222. The van der Waals surface area contributed by atoms with Crippen LogP contribution in [-0.2, 0) is 13.1 Å². The van der Waals surface area contributed by atoms with Gasteiger partial charge in [-0.15, -0.1) is 0 Å². The van der Waals surface area contributed by atoms with Gasteiger partial charge in [-0.3, -0.25) is 4.90 Å². The van der Waals surface area contributed by atoms with Crippen molar-refractivity contribution in [1.82, 2.24) is 19.5 Å². The summed E-state index contributed by atoms with van der Waals surface area (Å²) in [6, 6.07) is 0. The molecular formula is C9H7BrN4O2. The van der Waals surface area contributed by atoms with E-state index in [0.29, 0.717) is 13.1 Å². The Balaban J connectivity index is 2.12. The highest BCUT2D eigenvalue weighted by Gasteiger charge is 2.28. The van der Waals surface area contributed by atoms with E-state index in [4.69, 9.17) is 5.11 Å². The molecule has 0 unspecified atom stereocenters. The van der Waals surface area contributed by atoms with Gasteiger partial charge in [-0.25, -0.2) is 14.3 Å². The van der Waals surface area contributed by atoms with Crippen molar-refractivity contribution in [2.24, 2.45) is 0 Å². The Morgan fingerprint density at radius 2 is 2.31 bits per heavy atom. The van der Waals surface area contributed by atoms with Crippen molar-refractivity contribution >= 4 is 27.7 Å². The molecule has 1 amide bonds. The smallest absolute Gasteiger partial charge is 0.407 e. The highest BCUT2D eigenvalue weighted by Crippen LogP contribution is 2.25. The first-order valence-electron chi connectivity index (χ1n) is 4.64. The second-order valence-electron chi connectivity index (χ2n) is 3.60. The highest BCUT2D eigenvalue weighted by atomic mass is 79.9. The molecule has 2 aromatic rings. The number of nitrogens with zero attached hydrogens (tertiary/aromatic N) is 4. The van der Waals surface area contributed by atoms with E-state index in [2.05, 4.69) is 26.0 Å². The minimum atomic E-state index is -0.923. The van der Waals surface area contributed by atoms with Crippen LogP contribution in [-0.4, -0.2) is 30.7 Å². The van der Waals surface area contributed by atoms with E-state index >= 15 is 0 Å². The van der Waals surface area contributed by atoms with Crippen LogP contribution in [0.2, 0.25) is 0 Å². The molecule has 16 heavy (non-hydrogen) atoms. The third kappa shape index (κ3) is 1.28. The monoisotopic (exact) mass is 282 g/mol. The van der Waals surface area contributed by atoms with Crippen molar-refractivity contribution in [1.29, 1.82) is 0 Å². The fourth-order valence-electron chi connectivity index (χ4n) is 1.86. The maximum atomic E-state index is 10.8. The van der Waals surface area contributed by atoms with Crippen LogP contribution in [0.5, 0.6) is 0 Å². The van der Waals surface area contributed by atoms with Crippen LogP contribution < -0.4 is 0 Å². The number of carbonyl (C=O) groups is 1. The van der Waals surface area contributed by atoms with Crippen LogP contribution >= 0.6 is 15.9 Å². The molecule has 3 rings (SSSR count). The number of aromatic nitrogens is 3. The first-order valence-corrected chi connectivity index (χ1v) is 5.44. The zero-order valence-electron chi connectivity index (χ0n) is 8.09. The van der Waals surface area contributed by atoms with Gasteiger partial charge in [0.2, 0.25) is 0 Å². The average Bonchev–Trinajstić information content (AvgIpc) is 2.73. The zero-order chi connectivity index (χ0) is 11.3. The van der Waals surface area contributed by atoms with E-state index in [1.165, 1.54) is 4.90 Å². The lowest BCUT2D eigenvalue weighted by Crippen LogP contribution is -2.23. The highest BCUT2D eigenvalue weighted by molar-refractivity contribution is 9.10. The van der Waals surface area contributed by atoms with Crippen molar-refractivity contribution in [3.05, 3.63) is 28.1 Å². The summed E-state index contributed by atoms with van der Waals surface area (Å²) in [5.74, 6) is 0. The standard InChI is InChI=1S/C9H7BrN4O2/c10-5-1-11-8-6-3-13(9(15)16)4-7(6)12-14(8)2-5/h1-2H,3-4H2,(H,15,16). The fourth-order valence-corrected chi connectivity index (χ4v) is 2.15. The molecule has 0 spiro atoms. The van der Waals surface area contributed by atoms with Crippen molar-refractivity contribution in [2.45, 2.75) is 13.1 Å². The molecule has 3 heterocycles. The lowest BCUT2D eigenvalue weighted by molar-refractivity contribution is 0.144. The molecule has 6 nitrogen and oxygen atoms in total. The van der Waals surface area contributed by atoms with Gasteiger partial charge in [0.05, 0.1) is 23.3 Å². The van der Waals surface area contributed by atoms with Gasteiger partial charge in [-0.1, -0.05) is 0 Å². The topological polar surface area (TPSA) is 70.7 Å². The molecule has 0 saturated carbocycles. The number of hydrogen-bond acceptors (Lipinski definition) is 3. The molecule has 1 aliphatic rings. The zero-order valence-corrected chi connectivity index (χ0v) is 9.68. The van der Waals surface area contributed by atoms with Crippen molar-refractivity contribution in [3.63, 3.8) is 0 Å². The second-order valence-corrected chi connectivity index (χ2v) is 4.52. The largest absolute Gasteiger partial charge is 0.465 e. The number of halogens is 1. The van der Waals surface area contributed by atoms with Gasteiger partial charge in [-0.05, 0) is 15.9 Å². The summed E-state index contributed by atoms with van der Waals surface area (Å²) in [5, 5.41) is 13.2. The Morgan fingerprint density at radius 3 is 3.06 bits per heavy atom. The third-order valence-electron chi connectivity index (χ3n) is 2.58. The Labute approximate surface area is 98.6 Å². The van der Waals surface area contributed by atoms with Crippen LogP contribution in [0.4, 0.5) is 4.79 Å². The van der Waals surface area contributed by atoms with E-state index in [1.54, 1.807) is 10.7 Å². The molecule has 0 bridgehead atoms. The summed E-state index contributed by atoms with van der Waals surface area (Å²) in [5.41, 5.74) is 2.41. The van der Waals surface area contributed by atoms with E-state index in [9.17, 15) is 4.79 Å². The minimum Gasteiger partial charge on any atom is -0.465 e. The van der Waals surface area contributed by atoms with Gasteiger partial charge in [0.15, 0.2) is 5.65 Å². The molecule has 0 aromatic carbocycles. The summed E-state index contributed by atoms with van der Waals surface area (Å²) in [6.07, 6.45) is 2.57. The molecule has 0 saturated heterocycles. The maximum Gasteiger partial charge on any atom is 0.407 e. The Bertz CT molecular complexity index is 594. The number of carboxylic acid groups (broad SMARTS) is 1. The van der Waals surface area contributed by atoms with Gasteiger partial charge in [0.1, 0.15) is 0 Å². The molecule has 2 aromatic heterocycles. The van der Waals surface area contributed by atoms with Crippen LogP contribution in [0, 0.1) is 0 Å². The SMILES string of the molecule is O=C(O)N1Cc2nn3cc(Br)cnc3c2C1. The van der Waals surface area contributed by atoms with Crippen molar-refractivity contribution in [2.75, 3.05) is 0 Å². The molecule has 1 N–H and O–H groups in total. The van der Waals surface area contributed by atoms with E-state index in [1.807, 2.05) is 6.20 Å². The average molecular weight is 283 g/mol. The Morgan fingerprint density at radius 1 is 1.50 bits per heavy atom. The normalized spacial score (nSPS) is 14.4. The van der Waals surface area contributed by atoms with Gasteiger partial charge in [0, 0.05) is 18.0 Å². The lowest BCUT2D eigenvalue weighted by atomic mass is 10.3. The van der Waals surface area contributed by atoms with Crippen LogP contribution in [0.3, 0.4) is 0 Å². The summed E-state index contributed by atoms with van der Waals surface area (Å²) in [6.45, 7) is 0.703. The Kier molecular flexibility index (Phi) is 1.90. The number of hydrogen-bond donors (Lipinski definition) is 1. The predicted octanol–water partition coefficient (Wildman–Crippen LogP) is 1.49. The van der Waals surface area contributed by atoms with E-state index in [0.717, 1.165) is 21.4 Å². The molecule has 0 aliphatic carbocycles. The number of fused-ring (bicyclic) bond motifs is 3. The lowest BCUT2D eigenvalue weighted by Gasteiger charge is -2.09. The number of amides is 1. The third-order valence-corrected chi connectivity index (χ3v) is 2.99. The van der Waals surface area contributed by atoms with Crippen LogP contribution in [0.1, 0.15) is 11.3 Å². The van der Waals surface area contributed by atoms with E-state index in [-0.39, 0.29) is 0 Å². The molecule has 1 aliphatic heterocycles. The summed E-state index contributed by atoms with van der Waals surface area (Å²) in [7, 11) is 0. The minimum absolute atomic E-state index is 0.339. The molecule has 0 atom stereocenters. The molecule has 0 radical (unpaired) electrons. The summed E-state index contributed by atoms with van der Waals surface area (Å²) in [4.78, 5) is 16.4. The Hall–Kier alpha value is -1.63. The predicted molar refractivity (Wildman–Crippen MR) is 58.0 cm³/mol. The van der Waals surface area contributed by atoms with Crippen LogP contribution in [0.25, 0.3) is 5.65 Å². The second kappa shape index (κ2) is 3.18. The van der Waals surface area contributed by atoms with Crippen LogP contribution in [0.15, 0.2) is 16.9 Å². The molecular weight excluding hydrogens is 276 g/mol. The van der Waals surface area contributed by atoms with Crippen molar-refractivity contribution in [3.8, 4) is 0 Å². The maximum absolute atomic E-state index is 10.8. The summed E-state index contributed by atoms with van der Waals surface area (Å²) >= 11 is 3.31. The van der Waals surface area contributed by atoms with E-state index < -0.39 is 6.09 Å². The molecule has 7 heteroatoms. The first kappa shape index (κ1) is 9.59. The van der Waals surface area contributed by atoms with Gasteiger partial charge in [-0.2, -0.15) is 5.10 Å². The van der Waals surface area contributed by atoms with Gasteiger partial charge >= 0.3 is 6.09 Å². The number of rotatable bonds is 0. The van der Waals surface area contributed by atoms with Gasteiger partial charge < -0.3 is 5.11 Å². The molecule has 0 fully saturated rings. The van der Waals surface area contributed by atoms with Gasteiger partial charge in [0.25, 0.3) is 0 Å². The van der Waals surface area contributed by atoms with Crippen molar-refractivity contribution < 1.29 is 9.90 Å². The quantitative estimate of drug-likeness (QED) is 0.795. The summed E-state index contributed by atoms with van der Waals surface area (Å²) < 4.78 is 2.52. The first-order chi connectivity index (χ1) is 7.65.